The topological polar surface area (TPSA) is 114 Å². The molecule has 0 aromatic heterocycles. The van der Waals surface area contributed by atoms with Gasteiger partial charge in [-0.1, -0.05) is 20.8 Å². The fourth-order valence-electron chi connectivity index (χ4n) is 4.62. The Hall–Kier alpha value is -2.26. The maximum Gasteiger partial charge on any atom is 0.338 e. The van der Waals surface area contributed by atoms with Gasteiger partial charge in [0.2, 0.25) is 10.0 Å². The largest absolute Gasteiger partial charge is 0.452 e. The van der Waals surface area contributed by atoms with Crippen LogP contribution in [0.25, 0.3) is 0 Å². The van der Waals surface area contributed by atoms with Crippen LogP contribution in [0, 0.1) is 16.7 Å². The Labute approximate surface area is 183 Å². The van der Waals surface area contributed by atoms with Crippen LogP contribution >= 0.6 is 0 Å². The fraction of sp³-hybridized carbons (Fsp3) is 0.591. The summed E-state index contributed by atoms with van der Waals surface area (Å²) >= 11 is 0. The maximum atomic E-state index is 12.2. The van der Waals surface area contributed by atoms with Crippen molar-refractivity contribution in [2.45, 2.75) is 64.8 Å². The van der Waals surface area contributed by atoms with E-state index in [9.17, 15) is 18.0 Å². The van der Waals surface area contributed by atoms with Crippen LogP contribution in [0.3, 0.4) is 0 Å². The summed E-state index contributed by atoms with van der Waals surface area (Å²) in [6.07, 6.45) is 3.12. The molecule has 2 aliphatic rings. The highest BCUT2D eigenvalue weighted by Gasteiger charge is 2.60. The summed E-state index contributed by atoms with van der Waals surface area (Å²) in [5, 5.41) is 4.34. The van der Waals surface area contributed by atoms with Gasteiger partial charge in [-0.2, -0.15) is 5.10 Å². The van der Waals surface area contributed by atoms with Crippen molar-refractivity contribution in [1.29, 1.82) is 0 Å². The molecule has 9 heteroatoms. The van der Waals surface area contributed by atoms with Crippen LogP contribution in [0.15, 0.2) is 34.3 Å². The van der Waals surface area contributed by atoms with Crippen molar-refractivity contribution < 1.29 is 22.7 Å². The fourth-order valence-corrected chi connectivity index (χ4v) is 5.87. The summed E-state index contributed by atoms with van der Waals surface area (Å²) in [5.41, 5.74) is 3.81. The van der Waals surface area contributed by atoms with Gasteiger partial charge < -0.3 is 4.74 Å². The number of hydrazone groups is 1. The molecule has 8 nitrogen and oxygen atoms in total. The molecule has 0 radical (unpaired) electrons. The lowest BCUT2D eigenvalue weighted by atomic mass is 9.70. The smallest absolute Gasteiger partial charge is 0.338 e. The van der Waals surface area contributed by atoms with E-state index in [-0.39, 0.29) is 27.3 Å². The molecule has 1 aromatic carbocycles. The summed E-state index contributed by atoms with van der Waals surface area (Å²) in [5.74, 6) is -0.643. The standard InChI is InChI=1S/C22H31N3O5S/c1-14(2)25-31(28,29)17-8-6-15(7-9-17)20(27)30-13-19(26)24-23-18-12-16-10-11-22(18,5)21(16,3)4/h6-9,14,16,25H,10-13H2,1-5H3,(H,24,26)/b23-18+. The van der Waals surface area contributed by atoms with Crippen LogP contribution in [0.2, 0.25) is 0 Å². The number of carbonyl (C=O) groups excluding carboxylic acids is 2. The molecule has 2 saturated carbocycles. The molecule has 170 valence electrons. The van der Waals surface area contributed by atoms with Gasteiger partial charge in [0.15, 0.2) is 6.61 Å². The van der Waals surface area contributed by atoms with Gasteiger partial charge >= 0.3 is 5.97 Å². The second-order valence-electron chi connectivity index (χ2n) is 9.46. The third-order valence-corrected chi connectivity index (χ3v) is 8.63. The minimum Gasteiger partial charge on any atom is -0.452 e. The van der Waals surface area contributed by atoms with Crippen molar-refractivity contribution in [2.24, 2.45) is 21.8 Å². The van der Waals surface area contributed by atoms with Gasteiger partial charge in [-0.15, -0.1) is 0 Å². The van der Waals surface area contributed by atoms with Crippen LogP contribution in [0.5, 0.6) is 0 Å². The summed E-state index contributed by atoms with van der Waals surface area (Å²) < 4.78 is 31.8. The number of ether oxygens (including phenoxy) is 1. The van der Waals surface area contributed by atoms with Crippen LogP contribution in [-0.2, 0) is 19.6 Å². The molecule has 0 aliphatic heterocycles. The molecule has 2 aliphatic carbocycles. The van der Waals surface area contributed by atoms with E-state index in [4.69, 9.17) is 4.74 Å². The molecule has 2 N–H and O–H groups in total. The average Bonchev–Trinajstić information content (AvgIpc) is 3.03. The predicted molar refractivity (Wildman–Crippen MR) is 117 cm³/mol. The number of hydrogen-bond acceptors (Lipinski definition) is 6. The Balaban J connectivity index is 1.54. The molecule has 0 spiro atoms. The molecule has 0 saturated heterocycles. The van der Waals surface area contributed by atoms with E-state index in [0.717, 1.165) is 18.6 Å². The predicted octanol–water partition coefficient (Wildman–Crippen LogP) is 2.85. The monoisotopic (exact) mass is 449 g/mol. The Morgan fingerprint density at radius 1 is 1.19 bits per heavy atom. The zero-order valence-corrected chi connectivity index (χ0v) is 19.5. The number of hydrogen-bond donors (Lipinski definition) is 2. The number of carbonyl (C=O) groups is 2. The number of esters is 1. The number of benzene rings is 1. The third-order valence-electron chi connectivity index (χ3n) is 6.95. The molecular formula is C22H31N3O5S. The van der Waals surface area contributed by atoms with Crippen molar-refractivity contribution in [1.82, 2.24) is 10.1 Å². The molecule has 2 atom stereocenters. The summed E-state index contributed by atoms with van der Waals surface area (Å²) in [6, 6.07) is 5.11. The minimum absolute atomic E-state index is 0.0197. The van der Waals surface area contributed by atoms with Crippen LogP contribution in [0.1, 0.15) is 64.2 Å². The molecule has 1 amide bonds. The molecule has 2 fully saturated rings. The van der Waals surface area contributed by atoms with E-state index in [0.29, 0.717) is 5.92 Å². The molecular weight excluding hydrogens is 418 g/mol. The van der Waals surface area contributed by atoms with Gasteiger partial charge in [-0.3, -0.25) is 4.79 Å². The van der Waals surface area contributed by atoms with Crippen molar-refractivity contribution in [2.75, 3.05) is 6.61 Å². The average molecular weight is 450 g/mol. The van der Waals surface area contributed by atoms with Gasteiger partial charge in [0.25, 0.3) is 5.91 Å². The van der Waals surface area contributed by atoms with Gasteiger partial charge in [0, 0.05) is 17.2 Å². The number of fused-ring (bicyclic) bond motifs is 2. The first kappa shape index (κ1) is 23.4. The van der Waals surface area contributed by atoms with E-state index < -0.39 is 28.5 Å². The van der Waals surface area contributed by atoms with Gasteiger partial charge in [-0.25, -0.2) is 23.4 Å². The lowest BCUT2D eigenvalue weighted by molar-refractivity contribution is -0.124. The highest BCUT2D eigenvalue weighted by molar-refractivity contribution is 7.89. The number of nitrogens with zero attached hydrogens (tertiary/aromatic N) is 1. The molecule has 0 heterocycles. The molecule has 3 rings (SSSR count). The van der Waals surface area contributed by atoms with E-state index in [1.807, 2.05) is 0 Å². The molecule has 2 bridgehead atoms. The van der Waals surface area contributed by atoms with E-state index in [2.05, 4.69) is 36.0 Å². The third kappa shape index (κ3) is 4.52. The van der Waals surface area contributed by atoms with Gasteiger partial charge in [0.05, 0.1) is 10.5 Å². The Bertz CT molecular complexity index is 998. The minimum atomic E-state index is -3.64. The highest BCUT2D eigenvalue weighted by atomic mass is 32.2. The van der Waals surface area contributed by atoms with Crippen molar-refractivity contribution in [3.05, 3.63) is 29.8 Å². The SMILES string of the molecule is CC(C)NS(=O)(=O)c1ccc(C(=O)OCC(=O)N/N=C2\CC3CCC2(C)C3(C)C)cc1. The second kappa shape index (κ2) is 8.35. The van der Waals surface area contributed by atoms with E-state index in [1.54, 1.807) is 13.8 Å². The number of sulfonamides is 1. The Morgan fingerprint density at radius 2 is 1.84 bits per heavy atom. The van der Waals surface area contributed by atoms with Crippen LogP contribution in [-0.4, -0.2) is 38.7 Å². The van der Waals surface area contributed by atoms with E-state index >= 15 is 0 Å². The van der Waals surface area contributed by atoms with Crippen LogP contribution in [0.4, 0.5) is 0 Å². The van der Waals surface area contributed by atoms with E-state index in [1.165, 1.54) is 30.7 Å². The lowest BCUT2D eigenvalue weighted by Crippen LogP contribution is -2.34. The highest BCUT2D eigenvalue weighted by Crippen LogP contribution is 2.63. The van der Waals surface area contributed by atoms with Crippen molar-refractivity contribution in [3.8, 4) is 0 Å². The molecule has 2 unspecified atom stereocenters. The van der Waals surface area contributed by atoms with Gasteiger partial charge in [0.1, 0.15) is 0 Å². The summed E-state index contributed by atoms with van der Waals surface area (Å²) in [6.45, 7) is 9.69. The zero-order valence-electron chi connectivity index (χ0n) is 18.7. The second-order valence-corrected chi connectivity index (χ2v) is 11.2. The normalized spacial score (nSPS) is 25.7. The first-order valence-electron chi connectivity index (χ1n) is 10.5. The first-order chi connectivity index (χ1) is 14.4. The molecule has 1 aromatic rings. The van der Waals surface area contributed by atoms with Gasteiger partial charge in [-0.05, 0) is 68.7 Å². The Morgan fingerprint density at radius 3 is 2.35 bits per heavy atom. The number of rotatable bonds is 7. The number of nitrogens with one attached hydrogen (secondary N) is 2. The first-order valence-corrected chi connectivity index (χ1v) is 12.0. The van der Waals surface area contributed by atoms with Crippen LogP contribution < -0.4 is 10.1 Å². The summed E-state index contributed by atoms with van der Waals surface area (Å²) in [7, 11) is -3.64. The molecule has 31 heavy (non-hydrogen) atoms. The lowest BCUT2D eigenvalue weighted by Gasteiger charge is -2.34. The number of amides is 1. The maximum absolute atomic E-state index is 12.2. The zero-order chi connectivity index (χ0) is 23.0. The quantitative estimate of drug-likeness (QED) is 0.491. The van der Waals surface area contributed by atoms with Crippen molar-refractivity contribution >= 4 is 27.6 Å². The summed E-state index contributed by atoms with van der Waals surface area (Å²) in [4.78, 5) is 24.3. The van der Waals surface area contributed by atoms with Crippen molar-refractivity contribution in [3.63, 3.8) is 0 Å². The Kier molecular flexibility index (Phi) is 6.30.